The molecule has 2 aromatic carbocycles. The molecular formula is C13H8N2O. The number of nitriles is 1. The molecule has 0 fully saturated rings. The molecule has 76 valence electrons. The van der Waals surface area contributed by atoms with Gasteiger partial charge in [0.1, 0.15) is 5.75 Å². The lowest BCUT2D eigenvalue weighted by Gasteiger charge is -1.92. The summed E-state index contributed by atoms with van der Waals surface area (Å²) >= 11 is 0. The summed E-state index contributed by atoms with van der Waals surface area (Å²) in [4.78, 5) is 3.18. The Hall–Kier alpha value is -2.47. The molecule has 0 saturated carbocycles. The number of H-pyrrole nitrogens is 1. The Morgan fingerprint density at radius 1 is 1.00 bits per heavy atom. The number of aromatic amines is 1. The molecule has 2 N–H and O–H groups in total. The average molecular weight is 208 g/mol. The fraction of sp³-hybridized carbons (Fsp3) is 0. The Morgan fingerprint density at radius 2 is 1.69 bits per heavy atom. The maximum absolute atomic E-state index is 9.38. The quantitative estimate of drug-likeness (QED) is 0.596. The van der Waals surface area contributed by atoms with Gasteiger partial charge in [0.15, 0.2) is 0 Å². The molecule has 16 heavy (non-hydrogen) atoms. The smallest absolute Gasteiger partial charge is 0.117 e. The maximum Gasteiger partial charge on any atom is 0.117 e. The molecule has 0 bridgehead atoms. The second-order valence-corrected chi connectivity index (χ2v) is 3.73. The van der Waals surface area contributed by atoms with Gasteiger partial charge in [-0.1, -0.05) is 6.07 Å². The van der Waals surface area contributed by atoms with Crippen LogP contribution in [0.1, 0.15) is 5.56 Å². The minimum atomic E-state index is 0.236. The summed E-state index contributed by atoms with van der Waals surface area (Å²) < 4.78 is 0. The van der Waals surface area contributed by atoms with Gasteiger partial charge in [0.2, 0.25) is 0 Å². The van der Waals surface area contributed by atoms with E-state index in [1.807, 2.05) is 18.2 Å². The first-order valence-electron chi connectivity index (χ1n) is 4.92. The molecule has 3 rings (SSSR count). The molecule has 0 aliphatic heterocycles. The van der Waals surface area contributed by atoms with Crippen LogP contribution in [0, 0.1) is 11.3 Å². The Bertz CT molecular complexity index is 735. The summed E-state index contributed by atoms with van der Waals surface area (Å²) in [6.45, 7) is 0. The lowest BCUT2D eigenvalue weighted by molar-refractivity contribution is 0.476. The number of hydrogen-bond acceptors (Lipinski definition) is 2. The molecule has 0 spiro atoms. The maximum atomic E-state index is 9.38. The third-order valence-electron chi connectivity index (χ3n) is 2.71. The van der Waals surface area contributed by atoms with Crippen molar-refractivity contribution in [3.05, 3.63) is 42.0 Å². The first-order valence-corrected chi connectivity index (χ1v) is 4.92. The highest BCUT2D eigenvalue weighted by Crippen LogP contribution is 2.28. The van der Waals surface area contributed by atoms with E-state index >= 15 is 0 Å². The van der Waals surface area contributed by atoms with Crippen LogP contribution in [0.2, 0.25) is 0 Å². The second-order valence-electron chi connectivity index (χ2n) is 3.73. The molecule has 3 nitrogen and oxygen atoms in total. The van der Waals surface area contributed by atoms with Crippen LogP contribution in [0.15, 0.2) is 36.4 Å². The molecule has 0 unspecified atom stereocenters. The van der Waals surface area contributed by atoms with Crippen LogP contribution in [0.4, 0.5) is 0 Å². The first-order chi connectivity index (χ1) is 7.78. The predicted octanol–water partition coefficient (Wildman–Crippen LogP) is 2.90. The van der Waals surface area contributed by atoms with E-state index in [4.69, 9.17) is 5.26 Å². The number of benzene rings is 2. The third-order valence-corrected chi connectivity index (χ3v) is 2.71. The number of nitrogens with zero attached hydrogens (tertiary/aromatic N) is 1. The summed E-state index contributed by atoms with van der Waals surface area (Å²) in [6, 6.07) is 12.8. The van der Waals surface area contributed by atoms with Gasteiger partial charge in [0, 0.05) is 22.4 Å². The zero-order valence-corrected chi connectivity index (χ0v) is 8.36. The van der Waals surface area contributed by atoms with E-state index in [0.717, 1.165) is 21.8 Å². The summed E-state index contributed by atoms with van der Waals surface area (Å²) in [5.74, 6) is 0.236. The van der Waals surface area contributed by atoms with Crippen LogP contribution < -0.4 is 0 Å². The van der Waals surface area contributed by atoms with Crippen LogP contribution in [0.5, 0.6) is 5.75 Å². The van der Waals surface area contributed by atoms with Crippen molar-refractivity contribution >= 4 is 21.8 Å². The molecule has 1 aromatic heterocycles. The van der Waals surface area contributed by atoms with Crippen molar-refractivity contribution in [1.29, 1.82) is 5.26 Å². The van der Waals surface area contributed by atoms with E-state index in [1.54, 1.807) is 18.2 Å². The van der Waals surface area contributed by atoms with Gasteiger partial charge in [-0.15, -0.1) is 0 Å². The zero-order valence-electron chi connectivity index (χ0n) is 8.36. The number of aromatic nitrogens is 1. The van der Waals surface area contributed by atoms with Gasteiger partial charge in [-0.3, -0.25) is 0 Å². The minimum Gasteiger partial charge on any atom is -0.508 e. The molecule has 3 aromatic rings. The van der Waals surface area contributed by atoms with E-state index in [2.05, 4.69) is 11.1 Å². The van der Waals surface area contributed by atoms with Crippen LogP contribution in [0.3, 0.4) is 0 Å². The van der Waals surface area contributed by atoms with Gasteiger partial charge in [-0.05, 0) is 24.3 Å². The fourth-order valence-corrected chi connectivity index (χ4v) is 1.97. The largest absolute Gasteiger partial charge is 0.508 e. The average Bonchev–Trinajstić information content (AvgIpc) is 2.64. The summed E-state index contributed by atoms with van der Waals surface area (Å²) in [5, 5.41) is 20.3. The standard InChI is InChI=1S/C13H8N2O/c14-7-8-1-3-10-11-4-2-9(16)6-13(11)15-12(10)5-8/h1-6,15-16H. The van der Waals surface area contributed by atoms with Gasteiger partial charge in [-0.25, -0.2) is 0 Å². The zero-order chi connectivity index (χ0) is 11.1. The molecule has 1 heterocycles. The number of aromatic hydroxyl groups is 1. The van der Waals surface area contributed by atoms with Gasteiger partial charge >= 0.3 is 0 Å². The molecule has 3 heteroatoms. The Balaban J connectivity index is 2.46. The van der Waals surface area contributed by atoms with Crippen molar-refractivity contribution in [2.24, 2.45) is 0 Å². The number of fused-ring (bicyclic) bond motifs is 3. The van der Waals surface area contributed by atoms with E-state index in [-0.39, 0.29) is 5.75 Å². The number of phenols is 1. The highest BCUT2D eigenvalue weighted by molar-refractivity contribution is 6.07. The summed E-state index contributed by atoms with van der Waals surface area (Å²) in [5.41, 5.74) is 2.42. The molecule has 0 saturated heterocycles. The molecule has 0 atom stereocenters. The van der Waals surface area contributed by atoms with Crippen molar-refractivity contribution in [2.75, 3.05) is 0 Å². The molecule has 0 aliphatic rings. The summed E-state index contributed by atoms with van der Waals surface area (Å²) in [6.07, 6.45) is 0. The highest BCUT2D eigenvalue weighted by atomic mass is 16.3. The second kappa shape index (κ2) is 3.01. The molecule has 0 radical (unpaired) electrons. The van der Waals surface area contributed by atoms with E-state index in [0.29, 0.717) is 5.56 Å². The van der Waals surface area contributed by atoms with Gasteiger partial charge < -0.3 is 10.1 Å². The van der Waals surface area contributed by atoms with Crippen molar-refractivity contribution in [1.82, 2.24) is 4.98 Å². The van der Waals surface area contributed by atoms with E-state index in [9.17, 15) is 5.11 Å². The number of hydrogen-bond donors (Lipinski definition) is 2. The Kier molecular flexibility index (Phi) is 1.66. The Labute approximate surface area is 91.6 Å². The summed E-state index contributed by atoms with van der Waals surface area (Å²) in [7, 11) is 0. The Morgan fingerprint density at radius 3 is 2.44 bits per heavy atom. The molecular weight excluding hydrogens is 200 g/mol. The molecule has 0 aliphatic carbocycles. The third kappa shape index (κ3) is 1.14. The van der Waals surface area contributed by atoms with E-state index < -0.39 is 0 Å². The van der Waals surface area contributed by atoms with Crippen molar-refractivity contribution in [2.45, 2.75) is 0 Å². The van der Waals surface area contributed by atoms with Crippen molar-refractivity contribution < 1.29 is 5.11 Å². The highest BCUT2D eigenvalue weighted by Gasteiger charge is 2.05. The van der Waals surface area contributed by atoms with Gasteiger partial charge in [0.05, 0.1) is 17.1 Å². The van der Waals surface area contributed by atoms with Gasteiger partial charge in [0.25, 0.3) is 0 Å². The number of phenolic OH excluding ortho intramolecular Hbond substituents is 1. The lowest BCUT2D eigenvalue weighted by Crippen LogP contribution is -1.72. The van der Waals surface area contributed by atoms with E-state index in [1.165, 1.54) is 0 Å². The van der Waals surface area contributed by atoms with Gasteiger partial charge in [-0.2, -0.15) is 5.26 Å². The monoisotopic (exact) mass is 208 g/mol. The van der Waals surface area contributed by atoms with Crippen molar-refractivity contribution in [3.63, 3.8) is 0 Å². The predicted molar refractivity (Wildman–Crippen MR) is 62.2 cm³/mol. The van der Waals surface area contributed by atoms with Crippen LogP contribution >= 0.6 is 0 Å². The normalized spacial score (nSPS) is 10.7. The van der Waals surface area contributed by atoms with Crippen LogP contribution in [-0.2, 0) is 0 Å². The lowest BCUT2D eigenvalue weighted by atomic mass is 10.1. The number of rotatable bonds is 0. The minimum absolute atomic E-state index is 0.236. The SMILES string of the molecule is N#Cc1ccc2c(c1)[nH]c1cc(O)ccc12. The van der Waals surface area contributed by atoms with Crippen LogP contribution in [0.25, 0.3) is 21.8 Å². The fourth-order valence-electron chi connectivity index (χ4n) is 1.97. The van der Waals surface area contributed by atoms with Crippen LogP contribution in [-0.4, -0.2) is 10.1 Å². The van der Waals surface area contributed by atoms with Crippen molar-refractivity contribution in [3.8, 4) is 11.8 Å². The molecule has 0 amide bonds. The number of nitrogens with one attached hydrogen (secondary N) is 1. The topological polar surface area (TPSA) is 59.8 Å². The first kappa shape index (κ1) is 8.81.